The topological polar surface area (TPSA) is 35.5 Å². The van der Waals surface area contributed by atoms with Gasteiger partial charge in [0.25, 0.3) is 0 Å². The van der Waals surface area contributed by atoms with Gasteiger partial charge in [0.1, 0.15) is 11.3 Å². The van der Waals surface area contributed by atoms with E-state index in [0.29, 0.717) is 12.1 Å². The minimum absolute atomic E-state index is 0.159. The number of hydrogen-bond acceptors (Lipinski definition) is 3. The molecule has 106 valence electrons. The van der Waals surface area contributed by atoms with Crippen LogP contribution in [0.3, 0.4) is 0 Å². The molecule has 1 rings (SSSR count). The molecule has 0 amide bonds. The predicted molar refractivity (Wildman–Crippen MR) is 54.3 cm³/mol. The molecule has 1 aromatic rings. The number of rotatable bonds is 3. The molecule has 0 bridgehead atoms. The highest BCUT2D eigenvalue weighted by molar-refractivity contribution is 5.92. The minimum atomic E-state index is -5.75. The van der Waals surface area contributed by atoms with Crippen LogP contribution in [0.25, 0.3) is 0 Å². The third kappa shape index (κ3) is 2.77. The molecule has 0 heterocycles. The average Bonchev–Trinajstić information content (AvgIpc) is 2.35. The van der Waals surface area contributed by atoms with Gasteiger partial charge in [0, 0.05) is 5.56 Å². The molecule has 0 radical (unpaired) electrons. The van der Waals surface area contributed by atoms with Gasteiger partial charge in [0.15, 0.2) is 0 Å². The molecule has 0 fully saturated rings. The lowest BCUT2D eigenvalue weighted by atomic mass is 10.0. The second-order valence-corrected chi connectivity index (χ2v) is 3.48. The van der Waals surface area contributed by atoms with Crippen molar-refractivity contribution in [1.82, 2.24) is 0 Å². The normalized spacial score (nSPS) is 12.2. The maximum Gasteiger partial charge on any atom is 0.458 e. The summed E-state index contributed by atoms with van der Waals surface area (Å²) in [5.74, 6) is -6.30. The minimum Gasteiger partial charge on any atom is -0.496 e. The fraction of sp³-hybridized carbons (Fsp3) is 0.364. The number of carbonyl (C=O) groups excluding carboxylic acids is 1. The third-order valence-corrected chi connectivity index (χ3v) is 2.32. The lowest BCUT2D eigenvalue weighted by Gasteiger charge is -2.20. The fourth-order valence-corrected chi connectivity index (χ4v) is 1.34. The summed E-state index contributed by atoms with van der Waals surface area (Å²) in [6.07, 6.45) is -5.75. The monoisotopic (exact) mass is 284 g/mol. The fourth-order valence-electron chi connectivity index (χ4n) is 1.34. The molecule has 1 aromatic carbocycles. The Morgan fingerprint density at radius 1 is 1.11 bits per heavy atom. The Kier molecular flexibility index (Phi) is 4.02. The number of carbonyl (C=O) groups is 1. The number of alkyl halides is 5. The van der Waals surface area contributed by atoms with Crippen LogP contribution in [-0.4, -0.2) is 26.4 Å². The van der Waals surface area contributed by atoms with Crippen molar-refractivity contribution in [2.45, 2.75) is 12.1 Å². The number of esters is 1. The molecule has 0 aliphatic rings. The zero-order chi connectivity index (χ0) is 14.8. The van der Waals surface area contributed by atoms with E-state index in [2.05, 4.69) is 4.74 Å². The number of hydrogen-bond donors (Lipinski definition) is 0. The van der Waals surface area contributed by atoms with Gasteiger partial charge < -0.3 is 9.47 Å². The second-order valence-electron chi connectivity index (χ2n) is 3.48. The third-order valence-electron chi connectivity index (χ3n) is 2.32. The summed E-state index contributed by atoms with van der Waals surface area (Å²) < 4.78 is 71.9. The molecule has 0 atom stereocenters. The van der Waals surface area contributed by atoms with Gasteiger partial charge >= 0.3 is 18.1 Å². The smallest absolute Gasteiger partial charge is 0.458 e. The molecule has 0 spiro atoms. The van der Waals surface area contributed by atoms with E-state index in [4.69, 9.17) is 4.74 Å². The molecule has 8 heteroatoms. The summed E-state index contributed by atoms with van der Waals surface area (Å²) in [7, 11) is 2.11. The van der Waals surface area contributed by atoms with Crippen molar-refractivity contribution in [3.8, 4) is 5.75 Å². The van der Waals surface area contributed by atoms with Crippen molar-refractivity contribution in [2.75, 3.05) is 14.2 Å². The average molecular weight is 284 g/mol. The Morgan fingerprint density at radius 2 is 1.68 bits per heavy atom. The molecule has 0 N–H and O–H groups in total. The van der Waals surface area contributed by atoms with Crippen molar-refractivity contribution in [1.29, 1.82) is 0 Å². The second kappa shape index (κ2) is 5.02. The zero-order valence-electron chi connectivity index (χ0n) is 9.85. The van der Waals surface area contributed by atoms with Crippen molar-refractivity contribution >= 4 is 5.97 Å². The molecule has 0 aromatic heterocycles. The van der Waals surface area contributed by atoms with Crippen LogP contribution in [-0.2, 0) is 10.7 Å². The lowest BCUT2D eigenvalue weighted by Crippen LogP contribution is -2.33. The summed E-state index contributed by atoms with van der Waals surface area (Å²) in [6.45, 7) is 0. The maximum atomic E-state index is 13.1. The van der Waals surface area contributed by atoms with E-state index in [0.717, 1.165) is 20.3 Å². The SMILES string of the molecule is COC(=O)c1cc(C(F)(F)C(F)(F)F)ccc1OC. The molecule has 0 unspecified atom stereocenters. The Balaban J connectivity index is 3.37. The van der Waals surface area contributed by atoms with E-state index in [1.54, 1.807) is 0 Å². The predicted octanol–water partition coefficient (Wildman–Crippen LogP) is 3.14. The number of methoxy groups -OCH3 is 2. The van der Waals surface area contributed by atoms with Crippen molar-refractivity contribution in [2.24, 2.45) is 0 Å². The molecule has 19 heavy (non-hydrogen) atoms. The van der Waals surface area contributed by atoms with Gasteiger partial charge in [-0.1, -0.05) is 0 Å². The van der Waals surface area contributed by atoms with Crippen molar-refractivity contribution in [3.05, 3.63) is 29.3 Å². The number of benzene rings is 1. The Hall–Kier alpha value is -1.86. The number of halogens is 5. The summed E-state index contributed by atoms with van der Waals surface area (Å²) in [6, 6.07) is 1.79. The maximum absolute atomic E-state index is 13.1. The Morgan fingerprint density at radius 3 is 2.11 bits per heavy atom. The van der Waals surface area contributed by atoms with Gasteiger partial charge in [-0.25, -0.2) is 4.79 Å². The van der Waals surface area contributed by atoms with Crippen LogP contribution in [0.15, 0.2) is 18.2 Å². The quantitative estimate of drug-likeness (QED) is 0.632. The largest absolute Gasteiger partial charge is 0.496 e. The summed E-state index contributed by atoms with van der Waals surface area (Å²) in [5.41, 5.74) is -1.87. The van der Waals surface area contributed by atoms with Crippen LogP contribution < -0.4 is 4.74 Å². The molecule has 0 saturated heterocycles. The molecular formula is C11H9F5O3. The first-order chi connectivity index (χ1) is 8.65. The molecule has 0 aliphatic carbocycles. The molecule has 0 saturated carbocycles. The van der Waals surface area contributed by atoms with Gasteiger partial charge in [0.05, 0.1) is 14.2 Å². The van der Waals surface area contributed by atoms with Crippen LogP contribution in [0, 0.1) is 0 Å². The highest BCUT2D eigenvalue weighted by atomic mass is 19.4. The standard InChI is InChI=1S/C11H9F5O3/c1-18-8-4-3-6(5-7(8)9(17)19-2)10(12,13)11(14,15)16/h3-5H,1-2H3. The van der Waals surface area contributed by atoms with Gasteiger partial charge in [-0.15, -0.1) is 0 Å². The van der Waals surface area contributed by atoms with Crippen LogP contribution in [0.4, 0.5) is 22.0 Å². The van der Waals surface area contributed by atoms with E-state index in [-0.39, 0.29) is 5.75 Å². The van der Waals surface area contributed by atoms with Gasteiger partial charge in [-0.3, -0.25) is 0 Å². The summed E-state index contributed by atoms with van der Waals surface area (Å²) in [4.78, 5) is 11.3. The van der Waals surface area contributed by atoms with E-state index in [1.807, 2.05) is 0 Å². The lowest BCUT2D eigenvalue weighted by molar-refractivity contribution is -0.289. The zero-order valence-corrected chi connectivity index (χ0v) is 9.85. The molecule has 3 nitrogen and oxygen atoms in total. The number of ether oxygens (including phenoxy) is 2. The van der Waals surface area contributed by atoms with Crippen molar-refractivity contribution < 1.29 is 36.2 Å². The van der Waals surface area contributed by atoms with E-state index in [1.165, 1.54) is 0 Å². The molecule has 0 aliphatic heterocycles. The van der Waals surface area contributed by atoms with Gasteiger partial charge in [-0.05, 0) is 18.2 Å². The van der Waals surface area contributed by atoms with Gasteiger partial charge in [0.2, 0.25) is 0 Å². The van der Waals surface area contributed by atoms with Crippen molar-refractivity contribution in [3.63, 3.8) is 0 Å². The molecular weight excluding hydrogens is 275 g/mol. The van der Waals surface area contributed by atoms with Crippen LogP contribution in [0.1, 0.15) is 15.9 Å². The highest BCUT2D eigenvalue weighted by Crippen LogP contribution is 2.44. The van der Waals surface area contributed by atoms with E-state index >= 15 is 0 Å². The summed E-state index contributed by atoms with van der Waals surface area (Å²) in [5, 5.41) is 0. The first-order valence-electron chi connectivity index (χ1n) is 4.86. The van der Waals surface area contributed by atoms with Crippen LogP contribution in [0.2, 0.25) is 0 Å². The van der Waals surface area contributed by atoms with E-state index < -0.39 is 29.2 Å². The highest BCUT2D eigenvalue weighted by Gasteiger charge is 2.58. The summed E-state index contributed by atoms with van der Waals surface area (Å²) >= 11 is 0. The first-order valence-corrected chi connectivity index (χ1v) is 4.86. The Labute approximate surface area is 104 Å². The first kappa shape index (κ1) is 15.2. The van der Waals surface area contributed by atoms with Crippen LogP contribution in [0.5, 0.6) is 5.75 Å². The van der Waals surface area contributed by atoms with E-state index in [9.17, 15) is 26.7 Å². The Bertz CT molecular complexity index is 482. The van der Waals surface area contributed by atoms with Gasteiger partial charge in [-0.2, -0.15) is 22.0 Å². The van der Waals surface area contributed by atoms with Crippen LogP contribution >= 0.6 is 0 Å².